The maximum atomic E-state index is 11.9. The largest absolute Gasteiger partial charge is 0.305 e. The van der Waals surface area contributed by atoms with Gasteiger partial charge < -0.3 is 10.6 Å². The molecule has 0 aliphatic carbocycles. The molecular weight excluding hydrogens is 964 g/mol. The molecule has 0 heterocycles. The number of nitrogens with one attached hydrogen (secondary N) is 2. The van der Waals surface area contributed by atoms with Crippen LogP contribution in [0, 0.1) is 56.2 Å². The van der Waals surface area contributed by atoms with Crippen LogP contribution in [0.15, 0.2) is 155 Å². The lowest BCUT2D eigenvalue weighted by Crippen LogP contribution is -2.42. The number of sulfone groups is 1. The zero-order valence-corrected chi connectivity index (χ0v) is 44.5. The fourth-order valence-corrected chi connectivity index (χ4v) is 10.1. The molecule has 0 aliphatic heterocycles. The highest BCUT2D eigenvalue weighted by molar-refractivity contribution is 7.90. The summed E-state index contributed by atoms with van der Waals surface area (Å²) in [4.78, 5) is 0.992. The van der Waals surface area contributed by atoms with Gasteiger partial charge in [0.05, 0.1) is 63.2 Å². The van der Waals surface area contributed by atoms with Gasteiger partial charge in [-0.3, -0.25) is 4.21 Å². The van der Waals surface area contributed by atoms with Gasteiger partial charge in [-0.2, -0.15) is 21.0 Å². The van der Waals surface area contributed by atoms with Crippen molar-refractivity contribution in [2.75, 3.05) is 12.5 Å². The molecule has 0 spiro atoms. The Hall–Kier alpha value is -6.12. The molecule has 0 aliphatic rings. The summed E-state index contributed by atoms with van der Waals surface area (Å²) >= 11 is 12.2. The van der Waals surface area contributed by atoms with Crippen LogP contribution in [0.25, 0.3) is 0 Å². The Kier molecular flexibility index (Phi) is 19.5. The first-order valence-electron chi connectivity index (χ1n) is 23.2. The molecule has 366 valence electrons. The van der Waals surface area contributed by atoms with Crippen molar-refractivity contribution in [2.45, 2.75) is 100 Å². The average Bonchev–Trinajstić information content (AvgIpc) is 3.36. The molecule has 13 heteroatoms. The third kappa shape index (κ3) is 15.4. The van der Waals surface area contributed by atoms with Gasteiger partial charge in [0.2, 0.25) is 0 Å². The number of hydrogen-bond acceptors (Lipinski definition) is 9. The highest BCUT2D eigenvalue weighted by Gasteiger charge is 2.36. The van der Waals surface area contributed by atoms with Gasteiger partial charge in [0.1, 0.15) is 0 Å². The van der Waals surface area contributed by atoms with Crippen LogP contribution >= 0.6 is 23.2 Å². The minimum absolute atomic E-state index is 0.00763. The van der Waals surface area contributed by atoms with E-state index in [-0.39, 0.29) is 40.9 Å². The van der Waals surface area contributed by atoms with E-state index < -0.39 is 31.5 Å². The van der Waals surface area contributed by atoms with Gasteiger partial charge >= 0.3 is 0 Å². The maximum Gasteiger partial charge on any atom is 0.175 e. The van der Waals surface area contributed by atoms with Crippen molar-refractivity contribution in [2.24, 2.45) is 10.8 Å². The molecule has 0 saturated carbocycles. The van der Waals surface area contributed by atoms with E-state index in [1.165, 1.54) is 6.26 Å². The Morgan fingerprint density at radius 1 is 0.563 bits per heavy atom. The van der Waals surface area contributed by atoms with Gasteiger partial charge in [-0.05, 0) is 161 Å². The third-order valence-electron chi connectivity index (χ3n) is 12.9. The van der Waals surface area contributed by atoms with Crippen molar-refractivity contribution in [3.05, 3.63) is 200 Å². The first kappa shape index (κ1) is 55.8. The third-order valence-corrected chi connectivity index (χ3v) is 15.5. The second-order valence-electron chi connectivity index (χ2n) is 19.2. The predicted molar refractivity (Wildman–Crippen MR) is 286 cm³/mol. The lowest BCUT2D eigenvalue weighted by Gasteiger charge is -2.36. The number of halogens is 2. The van der Waals surface area contributed by atoms with Crippen LogP contribution in [0.3, 0.4) is 0 Å². The molecule has 3 unspecified atom stereocenters. The van der Waals surface area contributed by atoms with Gasteiger partial charge in [-0.1, -0.05) is 96.0 Å². The van der Waals surface area contributed by atoms with Gasteiger partial charge in [-0.25, -0.2) is 8.42 Å². The average molecular weight is 1020 g/mol. The molecule has 0 amide bonds. The van der Waals surface area contributed by atoms with Crippen LogP contribution in [0.5, 0.6) is 0 Å². The zero-order valence-electron chi connectivity index (χ0n) is 41.3. The number of nitriles is 4. The standard InChI is InChI=1S/C29H30ClN3O2S.C29H30ClN3OS/c1-20(33-28(29(2,3)19-32)23-10-14-26(15-11-23)36(4,34)35)27(17-21-8-12-25(30)13-9-21)24-7-5-6-22(16-24)18-31;1-20(33-28(29(2,3)19-32)23-10-14-26(15-11-23)35(4)34)27(17-21-8-12-25(30)13-9-21)24-7-5-6-22(16-24)18-31/h5-16,20,27-28,33H,17H2,1-4H3;5-16,20,27-28,33H,17H2,1-4H3/t20-,27+,28?;20-,27+,28?,35?/m00/s1. The summed E-state index contributed by atoms with van der Waals surface area (Å²) in [5.74, 6) is 0.0376. The van der Waals surface area contributed by atoms with Crippen molar-refractivity contribution >= 4 is 43.8 Å². The summed E-state index contributed by atoms with van der Waals surface area (Å²) in [7, 11) is -4.39. The van der Waals surface area contributed by atoms with Gasteiger partial charge in [0, 0.05) is 62.2 Å². The van der Waals surface area contributed by atoms with E-state index in [4.69, 9.17) is 23.2 Å². The summed E-state index contributed by atoms with van der Waals surface area (Å²) in [5, 5.41) is 47.6. The van der Waals surface area contributed by atoms with E-state index in [9.17, 15) is 33.7 Å². The quantitative estimate of drug-likeness (QED) is 0.0850. The molecule has 9 nitrogen and oxygen atoms in total. The van der Waals surface area contributed by atoms with E-state index in [0.717, 1.165) is 44.7 Å². The van der Waals surface area contributed by atoms with Crippen LogP contribution in [-0.4, -0.2) is 37.2 Å². The van der Waals surface area contributed by atoms with Crippen LogP contribution in [0.4, 0.5) is 0 Å². The van der Waals surface area contributed by atoms with Crippen molar-refractivity contribution < 1.29 is 12.6 Å². The molecule has 0 aromatic heterocycles. The molecule has 0 fully saturated rings. The first-order valence-corrected chi connectivity index (χ1v) is 27.4. The number of nitrogens with zero attached hydrogens (tertiary/aromatic N) is 4. The molecule has 6 aromatic carbocycles. The van der Waals surface area contributed by atoms with E-state index in [1.807, 2.05) is 137 Å². The van der Waals surface area contributed by atoms with Crippen LogP contribution < -0.4 is 10.6 Å². The number of rotatable bonds is 18. The molecule has 6 rings (SSSR count). The van der Waals surface area contributed by atoms with Gasteiger partial charge in [-0.15, -0.1) is 0 Å². The van der Waals surface area contributed by atoms with Crippen molar-refractivity contribution in [1.82, 2.24) is 10.6 Å². The SMILES string of the molecule is C[C@H](NC(c1ccc(S(C)(=O)=O)cc1)C(C)(C)C#N)[C@@H](Cc1ccc(Cl)cc1)c1cccc(C#N)c1.C[C@H](NC(c1ccc(S(C)=O)cc1)C(C)(C)C#N)[C@@H](Cc1ccc(Cl)cc1)c1cccc(C#N)c1. The maximum absolute atomic E-state index is 11.9. The second-order valence-corrected chi connectivity index (χ2v) is 23.4. The Labute approximate surface area is 433 Å². The van der Waals surface area contributed by atoms with Crippen LogP contribution in [0.2, 0.25) is 10.0 Å². The monoisotopic (exact) mass is 1020 g/mol. The molecular formula is C58H60Cl2N6O3S2. The van der Waals surface area contributed by atoms with E-state index >= 15 is 0 Å². The lowest BCUT2D eigenvalue weighted by molar-refractivity contribution is 0.281. The Bertz CT molecular complexity index is 3060. The van der Waals surface area contributed by atoms with Crippen molar-refractivity contribution in [3.8, 4) is 24.3 Å². The summed E-state index contributed by atoms with van der Waals surface area (Å²) in [6.45, 7) is 11.8. The number of benzene rings is 6. The highest BCUT2D eigenvalue weighted by Crippen LogP contribution is 2.38. The van der Waals surface area contributed by atoms with E-state index in [0.29, 0.717) is 27.6 Å². The molecule has 0 bridgehead atoms. The van der Waals surface area contributed by atoms with Crippen molar-refractivity contribution in [3.63, 3.8) is 0 Å². The van der Waals surface area contributed by atoms with E-state index in [2.05, 4.69) is 54.8 Å². The Morgan fingerprint density at radius 2 is 0.930 bits per heavy atom. The van der Waals surface area contributed by atoms with Crippen LogP contribution in [-0.2, 0) is 33.5 Å². The Morgan fingerprint density at radius 3 is 1.25 bits per heavy atom. The first-order chi connectivity index (χ1) is 33.6. The topological polar surface area (TPSA) is 170 Å². The summed E-state index contributed by atoms with van der Waals surface area (Å²) in [5.41, 5.74) is 5.86. The summed E-state index contributed by atoms with van der Waals surface area (Å²) < 4.78 is 35.7. The summed E-state index contributed by atoms with van der Waals surface area (Å²) in [6, 6.07) is 53.7. The normalized spacial score (nSPS) is 14.6. The Balaban J connectivity index is 0.000000264. The summed E-state index contributed by atoms with van der Waals surface area (Å²) in [6.07, 6.45) is 4.28. The van der Waals surface area contributed by atoms with Crippen LogP contribution in [0.1, 0.15) is 110 Å². The molecule has 0 saturated heterocycles. The molecule has 6 aromatic rings. The molecule has 2 N–H and O–H groups in total. The molecule has 0 radical (unpaired) electrons. The predicted octanol–water partition coefficient (Wildman–Crippen LogP) is 12.8. The molecule has 7 atom stereocenters. The minimum atomic E-state index is -3.32. The minimum Gasteiger partial charge on any atom is -0.305 e. The molecule has 71 heavy (non-hydrogen) atoms. The van der Waals surface area contributed by atoms with Gasteiger partial charge in [0.15, 0.2) is 9.84 Å². The van der Waals surface area contributed by atoms with Gasteiger partial charge in [0.25, 0.3) is 0 Å². The number of hydrogen-bond donors (Lipinski definition) is 2. The lowest BCUT2D eigenvalue weighted by atomic mass is 9.79. The smallest absolute Gasteiger partial charge is 0.175 e. The fraction of sp³-hybridized carbons (Fsp3) is 0.310. The fourth-order valence-electron chi connectivity index (χ4n) is 8.68. The van der Waals surface area contributed by atoms with Crippen molar-refractivity contribution in [1.29, 1.82) is 21.0 Å². The van der Waals surface area contributed by atoms with E-state index in [1.54, 1.807) is 36.6 Å². The highest BCUT2D eigenvalue weighted by atomic mass is 35.5. The second kappa shape index (κ2) is 24.8. The zero-order chi connectivity index (χ0) is 52.1.